The Bertz CT molecular complexity index is 359. The number of ether oxygens (including phenoxy) is 1. The summed E-state index contributed by atoms with van der Waals surface area (Å²) in [5.74, 6) is -0.371. The molecule has 2 atom stereocenters. The van der Waals surface area contributed by atoms with Gasteiger partial charge < -0.3 is 10.1 Å². The molecule has 0 bridgehead atoms. The lowest BCUT2D eigenvalue weighted by Gasteiger charge is -2.24. The molecule has 0 saturated heterocycles. The molecule has 0 aliphatic carbocycles. The number of halogens is 2. The summed E-state index contributed by atoms with van der Waals surface area (Å²) in [6.45, 7) is 4.86. The van der Waals surface area contributed by atoms with E-state index in [1.807, 2.05) is 19.9 Å². The van der Waals surface area contributed by atoms with Crippen molar-refractivity contribution >= 4 is 11.6 Å². The molecule has 17 heavy (non-hydrogen) atoms. The van der Waals surface area contributed by atoms with Crippen LogP contribution in [0.2, 0.25) is 5.02 Å². The average Bonchev–Trinajstić information content (AvgIpc) is 2.33. The number of rotatable bonds is 6. The molecule has 0 spiro atoms. The van der Waals surface area contributed by atoms with E-state index in [-0.39, 0.29) is 23.0 Å². The van der Waals surface area contributed by atoms with Crippen molar-refractivity contribution < 1.29 is 9.13 Å². The fourth-order valence-corrected chi connectivity index (χ4v) is 1.98. The number of nitrogens with one attached hydrogen (secondary N) is 1. The number of likely N-dealkylation sites (N-methyl/N-ethyl adjacent to an activating group) is 1. The van der Waals surface area contributed by atoms with E-state index >= 15 is 0 Å². The molecule has 0 heterocycles. The van der Waals surface area contributed by atoms with E-state index in [2.05, 4.69) is 5.32 Å². The quantitative estimate of drug-likeness (QED) is 0.848. The molecular weight excluding hydrogens is 241 g/mol. The molecule has 1 aromatic carbocycles. The van der Waals surface area contributed by atoms with Crippen LogP contribution in [0.15, 0.2) is 18.2 Å². The molecule has 1 rings (SSSR count). The van der Waals surface area contributed by atoms with Crippen molar-refractivity contribution in [3.63, 3.8) is 0 Å². The highest BCUT2D eigenvalue weighted by Crippen LogP contribution is 2.21. The Labute approximate surface area is 107 Å². The van der Waals surface area contributed by atoms with Gasteiger partial charge in [0.2, 0.25) is 0 Å². The monoisotopic (exact) mass is 259 g/mol. The minimum Gasteiger partial charge on any atom is -0.380 e. The normalized spacial score (nSPS) is 14.6. The largest absolute Gasteiger partial charge is 0.380 e. The van der Waals surface area contributed by atoms with Crippen LogP contribution in [0, 0.1) is 5.82 Å². The van der Waals surface area contributed by atoms with Gasteiger partial charge in [0.1, 0.15) is 5.82 Å². The van der Waals surface area contributed by atoms with Crippen LogP contribution in [0.25, 0.3) is 0 Å². The molecule has 0 aromatic heterocycles. The summed E-state index contributed by atoms with van der Waals surface area (Å²) in [4.78, 5) is 0. The molecule has 1 N–H and O–H groups in total. The van der Waals surface area contributed by atoms with Gasteiger partial charge in [-0.1, -0.05) is 30.7 Å². The minimum absolute atomic E-state index is 0.0503. The van der Waals surface area contributed by atoms with Gasteiger partial charge in [-0.3, -0.25) is 0 Å². The lowest BCUT2D eigenvalue weighted by molar-refractivity contribution is 0.0836. The first-order valence-corrected chi connectivity index (χ1v) is 6.17. The van der Waals surface area contributed by atoms with Gasteiger partial charge in [-0.05, 0) is 31.5 Å². The van der Waals surface area contributed by atoms with Crippen LogP contribution in [0.5, 0.6) is 0 Å². The van der Waals surface area contributed by atoms with E-state index in [0.717, 1.165) is 12.1 Å². The molecule has 2 nitrogen and oxygen atoms in total. The number of benzene rings is 1. The SMILES string of the molecule is CCNC(Cc1cccc(F)c1Cl)C(C)OC. The first-order valence-electron chi connectivity index (χ1n) is 5.79. The first kappa shape index (κ1) is 14.4. The third kappa shape index (κ3) is 3.95. The molecule has 96 valence electrons. The standard InChI is InChI=1S/C13H19ClFNO/c1-4-16-12(9(2)17-3)8-10-6-5-7-11(15)13(10)14/h5-7,9,12,16H,4,8H2,1-3H3. The number of hydrogen-bond donors (Lipinski definition) is 1. The second-order valence-electron chi connectivity index (χ2n) is 4.02. The number of hydrogen-bond acceptors (Lipinski definition) is 2. The van der Waals surface area contributed by atoms with Gasteiger partial charge in [0.25, 0.3) is 0 Å². The fourth-order valence-electron chi connectivity index (χ4n) is 1.77. The molecule has 2 unspecified atom stereocenters. The van der Waals surface area contributed by atoms with Crippen molar-refractivity contribution in [2.24, 2.45) is 0 Å². The Hall–Kier alpha value is -0.640. The van der Waals surface area contributed by atoms with Crippen LogP contribution < -0.4 is 5.32 Å². The second kappa shape index (κ2) is 6.94. The summed E-state index contributed by atoms with van der Waals surface area (Å²) in [5, 5.41) is 3.53. The zero-order chi connectivity index (χ0) is 12.8. The summed E-state index contributed by atoms with van der Waals surface area (Å²) in [5.41, 5.74) is 0.807. The van der Waals surface area contributed by atoms with Crippen LogP contribution in [0.1, 0.15) is 19.4 Å². The molecule has 0 fully saturated rings. The zero-order valence-electron chi connectivity index (χ0n) is 10.5. The molecule has 0 saturated carbocycles. The van der Waals surface area contributed by atoms with Crippen molar-refractivity contribution in [1.82, 2.24) is 5.32 Å². The maximum Gasteiger partial charge on any atom is 0.142 e. The first-order chi connectivity index (χ1) is 8.10. The highest BCUT2D eigenvalue weighted by Gasteiger charge is 2.18. The van der Waals surface area contributed by atoms with Crippen molar-refractivity contribution in [1.29, 1.82) is 0 Å². The maximum absolute atomic E-state index is 13.3. The average molecular weight is 260 g/mol. The smallest absolute Gasteiger partial charge is 0.142 e. The second-order valence-corrected chi connectivity index (χ2v) is 4.40. The van der Waals surface area contributed by atoms with E-state index in [4.69, 9.17) is 16.3 Å². The lowest BCUT2D eigenvalue weighted by Crippen LogP contribution is -2.41. The van der Waals surface area contributed by atoms with Gasteiger partial charge in [-0.25, -0.2) is 4.39 Å². The molecule has 1 aromatic rings. The Morgan fingerprint density at radius 2 is 2.18 bits per heavy atom. The van der Waals surface area contributed by atoms with Gasteiger partial charge in [0.15, 0.2) is 0 Å². The highest BCUT2D eigenvalue weighted by molar-refractivity contribution is 6.31. The van der Waals surface area contributed by atoms with Crippen molar-refractivity contribution in [2.45, 2.75) is 32.4 Å². The van der Waals surface area contributed by atoms with Crippen LogP contribution in [0.4, 0.5) is 4.39 Å². The van der Waals surface area contributed by atoms with Crippen LogP contribution in [-0.4, -0.2) is 25.8 Å². The molecule has 0 amide bonds. The summed E-state index contributed by atoms with van der Waals surface area (Å²) in [6.07, 6.45) is 0.702. The van der Waals surface area contributed by atoms with Gasteiger partial charge in [0.05, 0.1) is 11.1 Å². The topological polar surface area (TPSA) is 21.3 Å². The predicted molar refractivity (Wildman–Crippen MR) is 69.0 cm³/mol. The third-order valence-corrected chi connectivity index (χ3v) is 3.30. The Morgan fingerprint density at radius 1 is 1.47 bits per heavy atom. The molecule has 4 heteroatoms. The summed E-state index contributed by atoms with van der Waals surface area (Å²) in [6, 6.07) is 5.02. The molecule has 0 aliphatic rings. The van der Waals surface area contributed by atoms with E-state index in [1.54, 1.807) is 13.2 Å². The Kier molecular flexibility index (Phi) is 5.89. The van der Waals surface area contributed by atoms with Crippen molar-refractivity contribution in [2.75, 3.05) is 13.7 Å². The Balaban J connectivity index is 2.82. The minimum atomic E-state index is -0.371. The lowest BCUT2D eigenvalue weighted by atomic mass is 10.0. The zero-order valence-corrected chi connectivity index (χ0v) is 11.2. The van der Waals surface area contributed by atoms with Crippen LogP contribution in [-0.2, 0) is 11.2 Å². The van der Waals surface area contributed by atoms with Crippen molar-refractivity contribution in [3.05, 3.63) is 34.6 Å². The van der Waals surface area contributed by atoms with Gasteiger partial charge in [-0.15, -0.1) is 0 Å². The summed E-state index contributed by atoms with van der Waals surface area (Å²) in [7, 11) is 1.67. The van der Waals surface area contributed by atoms with Crippen LogP contribution in [0.3, 0.4) is 0 Å². The van der Waals surface area contributed by atoms with Crippen molar-refractivity contribution in [3.8, 4) is 0 Å². The Morgan fingerprint density at radius 3 is 2.76 bits per heavy atom. The van der Waals surface area contributed by atoms with E-state index < -0.39 is 0 Å². The van der Waals surface area contributed by atoms with E-state index in [9.17, 15) is 4.39 Å². The van der Waals surface area contributed by atoms with Crippen LogP contribution >= 0.6 is 11.6 Å². The molecule has 0 radical (unpaired) electrons. The maximum atomic E-state index is 13.3. The highest BCUT2D eigenvalue weighted by atomic mass is 35.5. The van der Waals surface area contributed by atoms with E-state index in [1.165, 1.54) is 6.07 Å². The van der Waals surface area contributed by atoms with Gasteiger partial charge in [0, 0.05) is 13.2 Å². The van der Waals surface area contributed by atoms with Gasteiger partial charge >= 0.3 is 0 Å². The molecule has 0 aliphatic heterocycles. The molecular formula is C13H19ClFNO. The predicted octanol–water partition coefficient (Wildman–Crippen LogP) is 3.03. The summed E-state index contributed by atoms with van der Waals surface area (Å²) >= 11 is 5.94. The summed E-state index contributed by atoms with van der Waals surface area (Å²) < 4.78 is 18.6. The van der Waals surface area contributed by atoms with E-state index in [0.29, 0.717) is 6.42 Å². The van der Waals surface area contributed by atoms with Gasteiger partial charge in [-0.2, -0.15) is 0 Å². The number of methoxy groups -OCH3 is 1. The fraction of sp³-hybridized carbons (Fsp3) is 0.538. The third-order valence-electron chi connectivity index (χ3n) is 2.88.